The number of hydrogen-bond acceptors (Lipinski definition) is 4. The van der Waals surface area contributed by atoms with Gasteiger partial charge in [-0.05, 0) is 27.7 Å². The van der Waals surface area contributed by atoms with Gasteiger partial charge in [0.2, 0.25) is 0 Å². The molecule has 1 unspecified atom stereocenters. The Morgan fingerprint density at radius 2 is 1.79 bits per heavy atom. The van der Waals surface area contributed by atoms with Crippen LogP contribution in [-0.4, -0.2) is 12.6 Å². The van der Waals surface area contributed by atoms with Crippen LogP contribution in [0.1, 0.15) is 27.7 Å². The van der Waals surface area contributed by atoms with Crippen molar-refractivity contribution in [3.63, 3.8) is 0 Å². The number of carbonyl (C=O) groups excluding carboxylic acids is 1. The number of nitrogens with zero attached hydrogens (tertiary/aromatic N) is 2. The van der Waals surface area contributed by atoms with Gasteiger partial charge in [-0.3, -0.25) is 4.79 Å². The maximum atomic E-state index is 11.5. The van der Waals surface area contributed by atoms with Crippen LogP contribution in [0.5, 0.6) is 0 Å². The van der Waals surface area contributed by atoms with Crippen LogP contribution >= 0.6 is 0 Å². The predicted molar refractivity (Wildman–Crippen MR) is 49.7 cm³/mol. The SMILES string of the molecule is CCOC(=O)C(C)(C#N)C(C)(C)C#N. The normalized spacial score (nSPS) is 14.7. The fraction of sp³-hybridized carbons (Fsp3) is 0.700. The van der Waals surface area contributed by atoms with Gasteiger partial charge in [0.1, 0.15) is 0 Å². The lowest BCUT2D eigenvalue weighted by Gasteiger charge is -2.30. The molecule has 0 amide bonds. The van der Waals surface area contributed by atoms with Crippen LogP contribution in [0.4, 0.5) is 0 Å². The number of rotatable bonds is 3. The van der Waals surface area contributed by atoms with Gasteiger partial charge in [0, 0.05) is 0 Å². The molecule has 0 rings (SSSR count). The third-order valence-electron chi connectivity index (χ3n) is 2.44. The van der Waals surface area contributed by atoms with E-state index in [0.717, 1.165) is 0 Å². The van der Waals surface area contributed by atoms with E-state index in [-0.39, 0.29) is 6.61 Å². The Kier molecular flexibility index (Phi) is 3.65. The molecule has 0 aliphatic carbocycles. The van der Waals surface area contributed by atoms with Crippen LogP contribution in [-0.2, 0) is 9.53 Å². The Labute approximate surface area is 84.1 Å². The highest BCUT2D eigenvalue weighted by atomic mass is 16.5. The zero-order valence-electron chi connectivity index (χ0n) is 8.92. The first-order chi connectivity index (χ1) is 6.35. The average molecular weight is 194 g/mol. The van der Waals surface area contributed by atoms with Crippen molar-refractivity contribution in [1.29, 1.82) is 10.5 Å². The molecule has 0 bridgehead atoms. The van der Waals surface area contributed by atoms with Gasteiger partial charge >= 0.3 is 5.97 Å². The number of carbonyl (C=O) groups is 1. The standard InChI is InChI=1S/C10H14N2O2/c1-5-14-8(13)10(4,7-12)9(2,3)6-11/h5H2,1-4H3. The molecular weight excluding hydrogens is 180 g/mol. The van der Waals surface area contributed by atoms with E-state index >= 15 is 0 Å². The Hall–Kier alpha value is -1.55. The van der Waals surface area contributed by atoms with Crippen molar-refractivity contribution in [1.82, 2.24) is 0 Å². The van der Waals surface area contributed by atoms with E-state index in [1.807, 2.05) is 12.1 Å². The van der Waals surface area contributed by atoms with Crippen LogP contribution in [0.2, 0.25) is 0 Å². The monoisotopic (exact) mass is 194 g/mol. The van der Waals surface area contributed by atoms with Crippen molar-refractivity contribution in [3.8, 4) is 12.1 Å². The second kappa shape index (κ2) is 4.11. The van der Waals surface area contributed by atoms with Crippen LogP contribution in [0.25, 0.3) is 0 Å². The molecule has 0 spiro atoms. The molecule has 0 saturated carbocycles. The van der Waals surface area contributed by atoms with Gasteiger partial charge in [-0.25, -0.2) is 0 Å². The van der Waals surface area contributed by atoms with Gasteiger partial charge in [-0.2, -0.15) is 10.5 Å². The smallest absolute Gasteiger partial charge is 0.327 e. The molecule has 0 aromatic rings. The fourth-order valence-electron chi connectivity index (χ4n) is 0.828. The molecule has 0 radical (unpaired) electrons. The number of esters is 1. The van der Waals surface area contributed by atoms with Crippen molar-refractivity contribution in [3.05, 3.63) is 0 Å². The summed E-state index contributed by atoms with van der Waals surface area (Å²) < 4.78 is 4.77. The molecule has 0 aliphatic rings. The van der Waals surface area contributed by atoms with Crippen LogP contribution < -0.4 is 0 Å². The van der Waals surface area contributed by atoms with Gasteiger partial charge in [0.05, 0.1) is 24.2 Å². The minimum atomic E-state index is -1.42. The third kappa shape index (κ3) is 1.85. The lowest BCUT2D eigenvalue weighted by molar-refractivity contribution is -0.155. The van der Waals surface area contributed by atoms with Gasteiger partial charge in [0.25, 0.3) is 0 Å². The maximum absolute atomic E-state index is 11.5. The first kappa shape index (κ1) is 12.4. The Bertz CT molecular complexity index is 309. The second-order valence-electron chi connectivity index (χ2n) is 3.69. The molecule has 0 aliphatic heterocycles. The molecule has 0 saturated heterocycles. The molecule has 0 N–H and O–H groups in total. The van der Waals surface area contributed by atoms with Gasteiger partial charge in [-0.1, -0.05) is 0 Å². The van der Waals surface area contributed by atoms with Crippen LogP contribution in [0.15, 0.2) is 0 Å². The second-order valence-corrected chi connectivity index (χ2v) is 3.69. The summed E-state index contributed by atoms with van der Waals surface area (Å²) in [6.07, 6.45) is 0. The van der Waals surface area contributed by atoms with E-state index in [4.69, 9.17) is 15.3 Å². The summed E-state index contributed by atoms with van der Waals surface area (Å²) in [6.45, 7) is 6.39. The minimum Gasteiger partial charge on any atom is -0.465 e. The first-order valence-electron chi connectivity index (χ1n) is 4.35. The van der Waals surface area contributed by atoms with E-state index in [1.165, 1.54) is 6.92 Å². The van der Waals surface area contributed by atoms with Gasteiger partial charge < -0.3 is 4.74 Å². The molecular formula is C10H14N2O2. The summed E-state index contributed by atoms with van der Waals surface area (Å²) in [4.78, 5) is 11.5. The van der Waals surface area contributed by atoms with Gasteiger partial charge in [0.15, 0.2) is 5.41 Å². The fourth-order valence-corrected chi connectivity index (χ4v) is 0.828. The molecule has 1 atom stereocenters. The van der Waals surface area contributed by atoms with Crippen molar-refractivity contribution < 1.29 is 9.53 Å². The maximum Gasteiger partial charge on any atom is 0.327 e. The summed E-state index contributed by atoms with van der Waals surface area (Å²) in [5, 5.41) is 17.8. The van der Waals surface area contributed by atoms with Crippen LogP contribution in [0, 0.1) is 33.5 Å². The number of hydrogen-bond donors (Lipinski definition) is 0. The highest BCUT2D eigenvalue weighted by Gasteiger charge is 2.49. The Balaban J connectivity index is 5.14. The Morgan fingerprint density at radius 3 is 2.07 bits per heavy atom. The molecule has 0 heterocycles. The topological polar surface area (TPSA) is 73.9 Å². The largest absolute Gasteiger partial charge is 0.465 e. The third-order valence-corrected chi connectivity index (χ3v) is 2.44. The average Bonchev–Trinajstić information content (AvgIpc) is 2.16. The minimum absolute atomic E-state index is 0.206. The summed E-state index contributed by atoms with van der Waals surface area (Å²) in [6, 6.07) is 3.81. The summed E-state index contributed by atoms with van der Waals surface area (Å²) in [7, 11) is 0. The van der Waals surface area contributed by atoms with Crippen molar-refractivity contribution in [2.24, 2.45) is 10.8 Å². The number of ether oxygens (including phenoxy) is 1. The predicted octanol–water partition coefficient (Wildman–Crippen LogP) is 1.63. The molecule has 0 aromatic carbocycles. The van der Waals surface area contributed by atoms with Crippen molar-refractivity contribution in [2.75, 3.05) is 6.61 Å². The first-order valence-corrected chi connectivity index (χ1v) is 4.35. The highest BCUT2D eigenvalue weighted by Crippen LogP contribution is 2.38. The molecule has 76 valence electrons. The zero-order valence-corrected chi connectivity index (χ0v) is 8.92. The Morgan fingerprint density at radius 1 is 1.29 bits per heavy atom. The number of nitriles is 2. The summed E-state index contributed by atoms with van der Waals surface area (Å²) >= 11 is 0. The quantitative estimate of drug-likeness (QED) is 0.640. The van der Waals surface area contributed by atoms with E-state index in [2.05, 4.69) is 0 Å². The van der Waals surface area contributed by atoms with E-state index < -0.39 is 16.8 Å². The van der Waals surface area contributed by atoms with E-state index in [1.54, 1.807) is 20.8 Å². The summed E-state index contributed by atoms with van der Waals surface area (Å²) in [5.74, 6) is -0.644. The lowest BCUT2D eigenvalue weighted by Crippen LogP contribution is -2.41. The molecule has 0 aromatic heterocycles. The van der Waals surface area contributed by atoms with E-state index in [0.29, 0.717) is 0 Å². The van der Waals surface area contributed by atoms with Crippen molar-refractivity contribution >= 4 is 5.97 Å². The molecule has 14 heavy (non-hydrogen) atoms. The molecule has 4 heteroatoms. The van der Waals surface area contributed by atoms with Crippen molar-refractivity contribution in [2.45, 2.75) is 27.7 Å². The van der Waals surface area contributed by atoms with Gasteiger partial charge in [-0.15, -0.1) is 0 Å². The summed E-state index contributed by atoms with van der Waals surface area (Å²) in [5.41, 5.74) is -2.48. The lowest BCUT2D eigenvalue weighted by atomic mass is 9.68. The van der Waals surface area contributed by atoms with E-state index in [9.17, 15) is 4.79 Å². The molecule has 4 nitrogen and oxygen atoms in total. The highest BCUT2D eigenvalue weighted by molar-refractivity contribution is 5.81. The van der Waals surface area contributed by atoms with Crippen LogP contribution in [0.3, 0.4) is 0 Å². The zero-order chi connectivity index (χ0) is 11.4. The molecule has 0 fully saturated rings.